The summed E-state index contributed by atoms with van der Waals surface area (Å²) >= 11 is 0. The maximum Gasteiger partial charge on any atom is 0.184 e. The molecule has 2 saturated heterocycles. The first-order valence-corrected chi connectivity index (χ1v) is 22.1. The first-order chi connectivity index (χ1) is 31.6. The Balaban J connectivity index is 1.03. The molecule has 1 N–H and O–H groups in total. The molecule has 8 rings (SSSR count). The van der Waals surface area contributed by atoms with Gasteiger partial charge in [-0.25, -0.2) is 0 Å². The molecule has 10 heteroatoms. The average Bonchev–Trinajstić information content (AvgIpc) is 3.35. The van der Waals surface area contributed by atoms with Crippen LogP contribution in [-0.4, -0.2) is 73.6 Å². The minimum Gasteiger partial charge on any atom is -0.374 e. The zero-order valence-electron chi connectivity index (χ0n) is 36.0. The molecule has 0 radical (unpaired) electrons. The molecule has 2 fully saturated rings. The molecule has 0 saturated carbocycles. The molecule has 0 bridgehead atoms. The van der Waals surface area contributed by atoms with Crippen molar-refractivity contribution in [2.24, 2.45) is 0 Å². The summed E-state index contributed by atoms with van der Waals surface area (Å²) in [6.07, 6.45) is -6.28. The molecular formula is C54H58O10. The van der Waals surface area contributed by atoms with E-state index in [2.05, 4.69) is 0 Å². The second kappa shape index (κ2) is 24.3. The van der Waals surface area contributed by atoms with Crippen molar-refractivity contribution in [2.45, 2.75) is 101 Å². The van der Waals surface area contributed by atoms with E-state index in [9.17, 15) is 5.11 Å². The summed E-state index contributed by atoms with van der Waals surface area (Å²) in [7, 11) is 0. The fourth-order valence-electron chi connectivity index (χ4n) is 8.02. The Kier molecular flexibility index (Phi) is 17.3. The van der Waals surface area contributed by atoms with Gasteiger partial charge in [0.2, 0.25) is 0 Å². The van der Waals surface area contributed by atoms with Crippen LogP contribution in [0.15, 0.2) is 182 Å². The quantitative estimate of drug-likeness (QED) is 0.0712. The van der Waals surface area contributed by atoms with Crippen molar-refractivity contribution < 1.29 is 47.7 Å². The second-order valence-corrected chi connectivity index (χ2v) is 16.1. The molecule has 0 aromatic heterocycles. The van der Waals surface area contributed by atoms with Crippen LogP contribution < -0.4 is 0 Å². The van der Waals surface area contributed by atoms with Crippen molar-refractivity contribution in [3.05, 3.63) is 215 Å². The maximum absolute atomic E-state index is 11.7. The summed E-state index contributed by atoms with van der Waals surface area (Å²) in [4.78, 5) is 0. The van der Waals surface area contributed by atoms with Crippen molar-refractivity contribution in [1.29, 1.82) is 0 Å². The van der Waals surface area contributed by atoms with E-state index in [4.69, 9.17) is 42.6 Å². The molecule has 0 aliphatic carbocycles. The topological polar surface area (TPSA) is 103 Å². The first-order valence-electron chi connectivity index (χ1n) is 22.1. The van der Waals surface area contributed by atoms with Crippen LogP contribution in [0.5, 0.6) is 0 Å². The molecule has 0 amide bonds. The highest BCUT2D eigenvalue weighted by molar-refractivity contribution is 5.18. The SMILES string of the molecule is O[C@H]1O[C@H](CO[C@@H]2C[C@@H](OCc3ccccc3)[C@@H](OCc3ccccc3)[C@@H](COCc3ccccc3)O2)[C@@H](OCc2ccccc2)[C@H](OCc2ccccc2)[C@H]1OCc1ccccc1. The van der Waals surface area contributed by atoms with Gasteiger partial charge in [0.05, 0.1) is 59.0 Å². The zero-order valence-corrected chi connectivity index (χ0v) is 36.0. The first kappa shape index (κ1) is 45.5. The van der Waals surface area contributed by atoms with Gasteiger partial charge in [-0.1, -0.05) is 182 Å². The highest BCUT2D eigenvalue weighted by Crippen LogP contribution is 2.33. The molecule has 64 heavy (non-hydrogen) atoms. The van der Waals surface area contributed by atoms with Crippen LogP contribution in [0, 0.1) is 0 Å². The molecule has 6 aromatic carbocycles. The fraction of sp³-hybridized carbons (Fsp3) is 0.333. The lowest BCUT2D eigenvalue weighted by Gasteiger charge is -2.45. The van der Waals surface area contributed by atoms with Crippen molar-refractivity contribution >= 4 is 0 Å². The predicted octanol–water partition coefficient (Wildman–Crippen LogP) is 8.98. The number of aliphatic hydroxyl groups excluding tert-OH is 1. The van der Waals surface area contributed by atoms with Crippen LogP contribution in [0.3, 0.4) is 0 Å². The molecule has 0 spiro atoms. The number of ether oxygens (including phenoxy) is 9. The van der Waals surface area contributed by atoms with Gasteiger partial charge in [-0.05, 0) is 33.4 Å². The van der Waals surface area contributed by atoms with Crippen LogP contribution in [0.4, 0.5) is 0 Å². The monoisotopic (exact) mass is 866 g/mol. The van der Waals surface area contributed by atoms with Gasteiger partial charge >= 0.3 is 0 Å². The normalized spacial score (nSPS) is 24.6. The molecule has 0 unspecified atom stereocenters. The van der Waals surface area contributed by atoms with Crippen LogP contribution in [-0.2, 0) is 82.3 Å². The van der Waals surface area contributed by atoms with E-state index in [1.54, 1.807) is 0 Å². The summed E-state index contributed by atoms with van der Waals surface area (Å²) in [6.45, 7) is 2.17. The lowest BCUT2D eigenvalue weighted by Crippen LogP contribution is -2.61. The van der Waals surface area contributed by atoms with E-state index in [-0.39, 0.29) is 33.0 Å². The van der Waals surface area contributed by atoms with Gasteiger partial charge in [-0.3, -0.25) is 0 Å². The van der Waals surface area contributed by atoms with E-state index < -0.39 is 55.3 Å². The summed E-state index contributed by atoms with van der Waals surface area (Å²) in [5, 5.41) is 11.7. The van der Waals surface area contributed by atoms with Gasteiger partial charge in [0.25, 0.3) is 0 Å². The third-order valence-corrected chi connectivity index (χ3v) is 11.4. The fourth-order valence-corrected chi connectivity index (χ4v) is 8.02. The zero-order chi connectivity index (χ0) is 43.6. The Morgan fingerprint density at radius 2 is 0.719 bits per heavy atom. The Morgan fingerprint density at radius 3 is 1.17 bits per heavy atom. The molecule has 6 aromatic rings. The number of aliphatic hydroxyl groups is 1. The number of benzene rings is 6. The Labute approximate surface area is 376 Å². The van der Waals surface area contributed by atoms with Gasteiger partial charge in [0, 0.05) is 6.42 Å². The maximum atomic E-state index is 11.7. The van der Waals surface area contributed by atoms with E-state index in [1.165, 1.54) is 0 Å². The third-order valence-electron chi connectivity index (χ3n) is 11.4. The van der Waals surface area contributed by atoms with Crippen molar-refractivity contribution in [3.63, 3.8) is 0 Å². The minimum absolute atomic E-state index is 0.0102. The lowest BCUT2D eigenvalue weighted by molar-refractivity contribution is -0.330. The smallest absolute Gasteiger partial charge is 0.184 e. The van der Waals surface area contributed by atoms with Gasteiger partial charge < -0.3 is 47.7 Å². The van der Waals surface area contributed by atoms with Gasteiger partial charge in [-0.2, -0.15) is 0 Å². The van der Waals surface area contributed by atoms with Crippen LogP contribution in [0.1, 0.15) is 39.8 Å². The number of hydrogen-bond donors (Lipinski definition) is 1. The lowest BCUT2D eigenvalue weighted by atomic mass is 9.97. The second-order valence-electron chi connectivity index (χ2n) is 16.1. The summed E-state index contributed by atoms with van der Waals surface area (Å²) in [5.41, 5.74) is 6.03. The van der Waals surface area contributed by atoms with Crippen LogP contribution >= 0.6 is 0 Å². The minimum atomic E-state index is -1.35. The van der Waals surface area contributed by atoms with E-state index in [0.29, 0.717) is 26.2 Å². The van der Waals surface area contributed by atoms with Crippen molar-refractivity contribution in [1.82, 2.24) is 0 Å². The van der Waals surface area contributed by atoms with Gasteiger partial charge in [-0.15, -0.1) is 0 Å². The van der Waals surface area contributed by atoms with Crippen molar-refractivity contribution in [2.75, 3.05) is 13.2 Å². The van der Waals surface area contributed by atoms with E-state index in [1.807, 2.05) is 182 Å². The standard InChI is InChI=1S/C54H58O10/c55-54-53(62-37-45-29-17-6-18-30-45)52(61-36-44-27-15-5-16-28-44)51(60-35-43-25-13-4-14-26-43)48(64-54)39-58-49-31-46(57-33-41-21-9-2-10-22-41)50(59-34-42-23-11-3-12-24-42)47(63-49)38-56-32-40-19-7-1-8-20-40/h1-30,46-55H,31-39H2/t46-,47-,48-,49+,50-,51-,52+,53-,54+/m1/s1. The van der Waals surface area contributed by atoms with E-state index in [0.717, 1.165) is 33.4 Å². The molecule has 334 valence electrons. The van der Waals surface area contributed by atoms with Gasteiger partial charge in [0.15, 0.2) is 12.6 Å². The molecule has 10 nitrogen and oxygen atoms in total. The molecule has 2 aliphatic rings. The summed E-state index contributed by atoms with van der Waals surface area (Å²) in [5.74, 6) is 0. The summed E-state index contributed by atoms with van der Waals surface area (Å²) in [6, 6.07) is 59.9. The number of hydrogen-bond acceptors (Lipinski definition) is 10. The Hall–Kier alpha value is -5.08. The molecule has 2 heterocycles. The van der Waals surface area contributed by atoms with Crippen LogP contribution in [0.25, 0.3) is 0 Å². The molecule has 2 aliphatic heterocycles. The third kappa shape index (κ3) is 13.5. The van der Waals surface area contributed by atoms with Gasteiger partial charge in [0.1, 0.15) is 36.6 Å². The predicted molar refractivity (Wildman–Crippen MR) is 241 cm³/mol. The van der Waals surface area contributed by atoms with Crippen molar-refractivity contribution in [3.8, 4) is 0 Å². The van der Waals surface area contributed by atoms with E-state index >= 15 is 0 Å². The Bertz CT molecular complexity index is 2170. The number of rotatable bonds is 22. The molecule has 9 atom stereocenters. The largest absolute Gasteiger partial charge is 0.374 e. The Morgan fingerprint density at radius 1 is 0.359 bits per heavy atom. The molecular weight excluding hydrogens is 809 g/mol. The van der Waals surface area contributed by atoms with Crippen LogP contribution in [0.2, 0.25) is 0 Å². The highest BCUT2D eigenvalue weighted by atomic mass is 16.7. The average molecular weight is 867 g/mol. The highest BCUT2D eigenvalue weighted by Gasteiger charge is 2.49. The summed E-state index contributed by atoms with van der Waals surface area (Å²) < 4.78 is 59.5.